The number of phenolic OH excluding ortho intramolecular Hbond substituents is 1. The third-order valence-electron chi connectivity index (χ3n) is 3.14. The molecular formula is C19H29NO5. The van der Waals surface area contributed by atoms with Crippen LogP contribution in [0, 0.1) is 6.92 Å². The Balaban J connectivity index is 3.00. The van der Waals surface area contributed by atoms with Gasteiger partial charge in [0.2, 0.25) is 0 Å². The summed E-state index contributed by atoms with van der Waals surface area (Å²) >= 11 is 0. The largest absolute Gasteiger partial charge is 0.508 e. The van der Waals surface area contributed by atoms with Crippen LogP contribution in [0.4, 0.5) is 4.79 Å². The topological polar surface area (TPSA) is 84.9 Å². The summed E-state index contributed by atoms with van der Waals surface area (Å²) in [6.45, 7) is 12.4. The zero-order valence-corrected chi connectivity index (χ0v) is 16.1. The van der Waals surface area contributed by atoms with Gasteiger partial charge in [-0.3, -0.25) is 0 Å². The van der Waals surface area contributed by atoms with Crippen molar-refractivity contribution in [1.82, 2.24) is 5.32 Å². The number of aromatic hydroxyl groups is 1. The Morgan fingerprint density at radius 1 is 1.08 bits per heavy atom. The lowest BCUT2D eigenvalue weighted by Crippen LogP contribution is -2.47. The summed E-state index contributed by atoms with van der Waals surface area (Å²) in [6, 6.07) is 3.98. The zero-order chi connectivity index (χ0) is 19.4. The molecule has 1 aromatic carbocycles. The van der Waals surface area contributed by atoms with E-state index in [0.717, 1.165) is 11.1 Å². The molecule has 0 aromatic heterocycles. The number of esters is 1. The maximum absolute atomic E-state index is 12.5. The van der Waals surface area contributed by atoms with Crippen LogP contribution in [0.2, 0.25) is 0 Å². The molecular weight excluding hydrogens is 322 g/mol. The lowest BCUT2D eigenvalue weighted by atomic mass is 10.0. The average Bonchev–Trinajstić information content (AvgIpc) is 2.38. The quantitative estimate of drug-likeness (QED) is 0.811. The lowest BCUT2D eigenvalue weighted by Gasteiger charge is -2.26. The van der Waals surface area contributed by atoms with E-state index in [2.05, 4.69) is 5.32 Å². The van der Waals surface area contributed by atoms with Gasteiger partial charge in [-0.15, -0.1) is 0 Å². The molecule has 140 valence electrons. The van der Waals surface area contributed by atoms with Crippen molar-refractivity contribution in [3.8, 4) is 5.75 Å². The van der Waals surface area contributed by atoms with Crippen molar-refractivity contribution >= 4 is 12.1 Å². The zero-order valence-electron chi connectivity index (χ0n) is 16.1. The molecule has 1 aromatic rings. The molecule has 1 atom stereocenters. The number of hydrogen-bond acceptors (Lipinski definition) is 5. The predicted octanol–water partition coefficient (Wildman–Crippen LogP) is 3.48. The number of amides is 1. The number of nitrogens with one attached hydrogen (secondary N) is 1. The van der Waals surface area contributed by atoms with E-state index in [0.29, 0.717) is 0 Å². The lowest BCUT2D eigenvalue weighted by molar-refractivity contribution is -0.157. The van der Waals surface area contributed by atoms with Crippen molar-refractivity contribution < 1.29 is 24.2 Å². The number of rotatable bonds is 4. The van der Waals surface area contributed by atoms with Gasteiger partial charge in [0.15, 0.2) is 0 Å². The highest BCUT2D eigenvalue weighted by Gasteiger charge is 2.29. The first-order valence-corrected chi connectivity index (χ1v) is 8.28. The van der Waals surface area contributed by atoms with E-state index in [4.69, 9.17) is 9.47 Å². The van der Waals surface area contributed by atoms with E-state index in [-0.39, 0.29) is 12.2 Å². The predicted molar refractivity (Wildman–Crippen MR) is 95.6 cm³/mol. The SMILES string of the molecule is Cc1ccc(O)cc1C[C@H](NC(=O)OC(C)(C)C)C(=O)OC(C)(C)C. The van der Waals surface area contributed by atoms with Gasteiger partial charge in [-0.1, -0.05) is 6.07 Å². The van der Waals surface area contributed by atoms with Gasteiger partial charge < -0.3 is 19.9 Å². The van der Waals surface area contributed by atoms with Gasteiger partial charge in [-0.2, -0.15) is 0 Å². The third kappa shape index (κ3) is 7.92. The van der Waals surface area contributed by atoms with Crippen LogP contribution >= 0.6 is 0 Å². The van der Waals surface area contributed by atoms with Gasteiger partial charge in [0.25, 0.3) is 0 Å². The number of phenols is 1. The molecule has 0 aliphatic carbocycles. The van der Waals surface area contributed by atoms with Crippen molar-refractivity contribution in [2.24, 2.45) is 0 Å². The van der Waals surface area contributed by atoms with Crippen LogP contribution < -0.4 is 5.32 Å². The number of hydrogen-bond donors (Lipinski definition) is 2. The molecule has 0 bridgehead atoms. The number of carbonyl (C=O) groups excluding carboxylic acids is 2. The summed E-state index contributed by atoms with van der Waals surface area (Å²) in [5, 5.41) is 12.3. The van der Waals surface area contributed by atoms with Crippen LogP contribution in [-0.2, 0) is 20.7 Å². The molecule has 0 radical (unpaired) electrons. The minimum Gasteiger partial charge on any atom is -0.508 e. The van der Waals surface area contributed by atoms with Crippen LogP contribution in [0.15, 0.2) is 18.2 Å². The van der Waals surface area contributed by atoms with E-state index in [9.17, 15) is 14.7 Å². The monoisotopic (exact) mass is 351 g/mol. The van der Waals surface area contributed by atoms with Crippen LogP contribution in [-0.4, -0.2) is 34.4 Å². The summed E-state index contributed by atoms with van der Waals surface area (Å²) in [7, 11) is 0. The van der Waals surface area contributed by atoms with Gasteiger partial charge in [0, 0.05) is 6.42 Å². The molecule has 0 aliphatic rings. The fourth-order valence-electron chi connectivity index (χ4n) is 2.11. The molecule has 0 fully saturated rings. The van der Waals surface area contributed by atoms with E-state index >= 15 is 0 Å². The molecule has 0 saturated carbocycles. The Morgan fingerprint density at radius 3 is 2.16 bits per heavy atom. The van der Waals surface area contributed by atoms with Crippen molar-refractivity contribution in [3.05, 3.63) is 29.3 Å². The van der Waals surface area contributed by atoms with Gasteiger partial charge in [0.05, 0.1) is 0 Å². The van der Waals surface area contributed by atoms with Crippen LogP contribution in [0.1, 0.15) is 52.7 Å². The van der Waals surface area contributed by atoms with Crippen LogP contribution in [0.3, 0.4) is 0 Å². The highest BCUT2D eigenvalue weighted by atomic mass is 16.6. The fraction of sp³-hybridized carbons (Fsp3) is 0.579. The van der Waals surface area contributed by atoms with Crippen molar-refractivity contribution in [2.45, 2.75) is 72.1 Å². The number of ether oxygens (including phenoxy) is 2. The Kier molecular flexibility index (Phi) is 6.46. The highest BCUT2D eigenvalue weighted by Crippen LogP contribution is 2.19. The number of aryl methyl sites for hydroxylation is 1. The van der Waals surface area contributed by atoms with E-state index in [1.54, 1.807) is 59.7 Å². The molecule has 6 heteroatoms. The smallest absolute Gasteiger partial charge is 0.408 e. The van der Waals surface area contributed by atoms with Gasteiger partial charge >= 0.3 is 12.1 Å². The normalized spacial score (nSPS) is 13.1. The number of alkyl carbamates (subject to hydrolysis) is 1. The van der Waals surface area contributed by atoms with Crippen molar-refractivity contribution in [1.29, 1.82) is 0 Å². The summed E-state index contributed by atoms with van der Waals surface area (Å²) in [6.07, 6.45) is -0.504. The number of carbonyl (C=O) groups is 2. The molecule has 1 rings (SSSR count). The highest BCUT2D eigenvalue weighted by molar-refractivity contribution is 5.82. The third-order valence-corrected chi connectivity index (χ3v) is 3.14. The standard InChI is InChI=1S/C19H29NO5/c1-12-8-9-14(21)10-13(12)11-15(16(22)24-18(2,3)4)20-17(23)25-19(5,6)7/h8-10,15,21H,11H2,1-7H3,(H,20,23)/t15-/m0/s1. The maximum atomic E-state index is 12.5. The summed E-state index contributed by atoms with van der Waals surface area (Å²) < 4.78 is 10.6. The van der Waals surface area contributed by atoms with E-state index < -0.39 is 29.3 Å². The maximum Gasteiger partial charge on any atom is 0.408 e. The van der Waals surface area contributed by atoms with Gasteiger partial charge in [0.1, 0.15) is 23.0 Å². The second-order valence-electron chi connectivity index (χ2n) is 8.05. The Morgan fingerprint density at radius 2 is 1.64 bits per heavy atom. The van der Waals surface area contributed by atoms with Crippen LogP contribution in [0.25, 0.3) is 0 Å². The second kappa shape index (κ2) is 7.76. The molecule has 0 heterocycles. The molecule has 0 unspecified atom stereocenters. The first kappa shape index (κ1) is 20.8. The minimum absolute atomic E-state index is 0.0980. The van der Waals surface area contributed by atoms with Crippen molar-refractivity contribution in [2.75, 3.05) is 0 Å². The number of benzene rings is 1. The first-order valence-electron chi connectivity index (χ1n) is 8.28. The molecule has 0 spiro atoms. The van der Waals surface area contributed by atoms with Crippen molar-refractivity contribution in [3.63, 3.8) is 0 Å². The average molecular weight is 351 g/mol. The molecule has 1 amide bonds. The van der Waals surface area contributed by atoms with Gasteiger partial charge in [-0.25, -0.2) is 9.59 Å². The molecule has 0 aliphatic heterocycles. The Labute approximate surface area is 149 Å². The first-order chi connectivity index (χ1) is 11.3. The second-order valence-corrected chi connectivity index (χ2v) is 8.05. The Hall–Kier alpha value is -2.24. The molecule has 25 heavy (non-hydrogen) atoms. The summed E-state index contributed by atoms with van der Waals surface area (Å²) in [5.74, 6) is -0.457. The minimum atomic E-state index is -0.922. The summed E-state index contributed by atoms with van der Waals surface area (Å²) in [5.41, 5.74) is 0.284. The molecule has 2 N–H and O–H groups in total. The molecule has 6 nitrogen and oxygen atoms in total. The van der Waals surface area contributed by atoms with E-state index in [1.165, 1.54) is 0 Å². The fourth-order valence-corrected chi connectivity index (χ4v) is 2.11. The van der Waals surface area contributed by atoms with Gasteiger partial charge in [-0.05, 0) is 71.7 Å². The molecule has 0 saturated heterocycles. The van der Waals surface area contributed by atoms with E-state index in [1.807, 2.05) is 6.92 Å². The van der Waals surface area contributed by atoms with Crippen LogP contribution in [0.5, 0.6) is 5.75 Å². The Bertz CT molecular complexity index is 626. The summed E-state index contributed by atoms with van der Waals surface area (Å²) in [4.78, 5) is 24.6.